The molecule has 2 heterocycles. The summed E-state index contributed by atoms with van der Waals surface area (Å²) in [5.74, 6) is 1.27. The number of hydrogen-bond acceptors (Lipinski definition) is 3. The lowest BCUT2D eigenvalue weighted by Gasteiger charge is -2.30. The van der Waals surface area contributed by atoms with Gasteiger partial charge in [0.1, 0.15) is 0 Å². The molecule has 1 saturated heterocycles. The fourth-order valence-corrected chi connectivity index (χ4v) is 2.57. The predicted molar refractivity (Wildman–Crippen MR) is 64.2 cm³/mol. The molecule has 0 radical (unpaired) electrons. The average molecular weight is 220 g/mol. The van der Waals surface area contributed by atoms with Gasteiger partial charge in [-0.3, -0.25) is 4.98 Å². The van der Waals surface area contributed by atoms with Gasteiger partial charge in [0.25, 0.3) is 0 Å². The molecule has 0 amide bonds. The van der Waals surface area contributed by atoms with E-state index in [-0.39, 0.29) is 0 Å². The molecule has 1 aliphatic heterocycles. The van der Waals surface area contributed by atoms with Crippen LogP contribution in [0, 0.1) is 5.92 Å². The lowest BCUT2D eigenvalue weighted by Crippen LogP contribution is -2.24. The minimum atomic E-state index is 0.558. The number of nitrogens with two attached hydrogens (primary N) is 1. The monoisotopic (exact) mass is 220 g/mol. The van der Waals surface area contributed by atoms with Crippen LogP contribution in [-0.2, 0) is 4.74 Å². The van der Waals surface area contributed by atoms with Crippen molar-refractivity contribution >= 4 is 0 Å². The van der Waals surface area contributed by atoms with Crippen molar-refractivity contribution < 1.29 is 4.74 Å². The highest BCUT2D eigenvalue weighted by atomic mass is 16.5. The second kappa shape index (κ2) is 5.97. The normalized spacial score (nSPS) is 19.6. The van der Waals surface area contributed by atoms with Crippen LogP contribution in [-0.4, -0.2) is 24.7 Å². The highest BCUT2D eigenvalue weighted by Crippen LogP contribution is 2.33. The molecule has 0 aliphatic carbocycles. The van der Waals surface area contributed by atoms with Gasteiger partial charge in [-0.05, 0) is 49.3 Å². The maximum absolute atomic E-state index is 5.72. The van der Waals surface area contributed by atoms with Crippen molar-refractivity contribution in [2.45, 2.75) is 25.2 Å². The predicted octanol–water partition coefficient (Wildman–Crippen LogP) is 1.94. The Kier molecular flexibility index (Phi) is 4.31. The van der Waals surface area contributed by atoms with E-state index in [1.165, 1.54) is 5.56 Å². The first-order valence-corrected chi connectivity index (χ1v) is 6.09. The molecule has 1 fully saturated rings. The zero-order valence-corrected chi connectivity index (χ0v) is 9.64. The van der Waals surface area contributed by atoms with E-state index in [1.54, 1.807) is 0 Å². The molecular weight excluding hydrogens is 200 g/mol. The first-order chi connectivity index (χ1) is 7.92. The number of nitrogens with zero attached hydrogens (tertiary/aromatic N) is 1. The third-order valence-electron chi connectivity index (χ3n) is 3.43. The van der Waals surface area contributed by atoms with Gasteiger partial charge in [0.2, 0.25) is 0 Å². The van der Waals surface area contributed by atoms with Crippen LogP contribution in [0.3, 0.4) is 0 Å². The van der Waals surface area contributed by atoms with Gasteiger partial charge in [-0.25, -0.2) is 0 Å². The van der Waals surface area contributed by atoms with Crippen molar-refractivity contribution in [3.63, 3.8) is 0 Å². The summed E-state index contributed by atoms with van der Waals surface area (Å²) < 4.78 is 5.42. The molecule has 1 aromatic heterocycles. The molecule has 2 rings (SSSR count). The fourth-order valence-electron chi connectivity index (χ4n) is 2.57. The lowest BCUT2D eigenvalue weighted by molar-refractivity contribution is 0.0569. The van der Waals surface area contributed by atoms with E-state index in [1.807, 2.05) is 18.5 Å². The van der Waals surface area contributed by atoms with Crippen molar-refractivity contribution in [2.75, 3.05) is 19.8 Å². The van der Waals surface area contributed by atoms with Crippen molar-refractivity contribution in [3.05, 3.63) is 30.1 Å². The summed E-state index contributed by atoms with van der Waals surface area (Å²) >= 11 is 0. The van der Waals surface area contributed by atoms with E-state index in [4.69, 9.17) is 10.5 Å². The molecule has 0 bridgehead atoms. The topological polar surface area (TPSA) is 48.1 Å². The van der Waals surface area contributed by atoms with E-state index in [0.717, 1.165) is 39.0 Å². The molecule has 88 valence electrons. The van der Waals surface area contributed by atoms with Gasteiger partial charge >= 0.3 is 0 Å². The smallest absolute Gasteiger partial charge is 0.0468 e. The molecule has 1 aromatic rings. The zero-order valence-electron chi connectivity index (χ0n) is 9.64. The Morgan fingerprint density at radius 3 is 2.88 bits per heavy atom. The second-order valence-electron chi connectivity index (χ2n) is 4.42. The SMILES string of the molecule is NCCC(c1cccnc1)C1CCOCC1. The Labute approximate surface area is 97.0 Å². The van der Waals surface area contributed by atoms with Crippen molar-refractivity contribution in [2.24, 2.45) is 11.7 Å². The largest absolute Gasteiger partial charge is 0.381 e. The number of rotatable bonds is 4. The van der Waals surface area contributed by atoms with E-state index >= 15 is 0 Å². The molecule has 1 aliphatic rings. The van der Waals surface area contributed by atoms with Crippen LogP contribution in [0.4, 0.5) is 0 Å². The number of pyridine rings is 1. The summed E-state index contributed by atoms with van der Waals surface area (Å²) in [6.07, 6.45) is 7.16. The van der Waals surface area contributed by atoms with Crippen LogP contribution in [0.2, 0.25) is 0 Å². The van der Waals surface area contributed by atoms with Crippen LogP contribution >= 0.6 is 0 Å². The molecule has 2 N–H and O–H groups in total. The lowest BCUT2D eigenvalue weighted by atomic mass is 9.80. The quantitative estimate of drug-likeness (QED) is 0.843. The van der Waals surface area contributed by atoms with Crippen molar-refractivity contribution in [1.29, 1.82) is 0 Å². The minimum Gasteiger partial charge on any atom is -0.381 e. The highest BCUT2D eigenvalue weighted by Gasteiger charge is 2.24. The molecule has 16 heavy (non-hydrogen) atoms. The zero-order chi connectivity index (χ0) is 11.2. The Hall–Kier alpha value is -0.930. The van der Waals surface area contributed by atoms with Gasteiger partial charge in [0.15, 0.2) is 0 Å². The summed E-state index contributed by atoms with van der Waals surface area (Å²) in [6, 6.07) is 4.18. The van der Waals surface area contributed by atoms with E-state index < -0.39 is 0 Å². The van der Waals surface area contributed by atoms with Crippen LogP contribution in [0.25, 0.3) is 0 Å². The van der Waals surface area contributed by atoms with Gasteiger partial charge in [-0.15, -0.1) is 0 Å². The van der Waals surface area contributed by atoms with Crippen LogP contribution in [0.1, 0.15) is 30.7 Å². The summed E-state index contributed by atoms with van der Waals surface area (Å²) in [5, 5.41) is 0. The summed E-state index contributed by atoms with van der Waals surface area (Å²) in [6.45, 7) is 2.54. The first kappa shape index (κ1) is 11.6. The molecule has 3 nitrogen and oxygen atoms in total. The van der Waals surface area contributed by atoms with Gasteiger partial charge < -0.3 is 10.5 Å². The Bertz CT molecular complexity index is 296. The van der Waals surface area contributed by atoms with Gasteiger partial charge in [-0.2, -0.15) is 0 Å². The fraction of sp³-hybridized carbons (Fsp3) is 0.615. The first-order valence-electron chi connectivity index (χ1n) is 6.09. The molecule has 3 heteroatoms. The Morgan fingerprint density at radius 1 is 1.44 bits per heavy atom. The number of aromatic nitrogens is 1. The van der Waals surface area contributed by atoms with Crippen LogP contribution in [0.15, 0.2) is 24.5 Å². The van der Waals surface area contributed by atoms with Crippen LogP contribution in [0.5, 0.6) is 0 Å². The minimum absolute atomic E-state index is 0.558. The Morgan fingerprint density at radius 2 is 2.25 bits per heavy atom. The average Bonchev–Trinajstić information content (AvgIpc) is 2.38. The molecule has 0 aromatic carbocycles. The molecule has 1 atom stereocenters. The van der Waals surface area contributed by atoms with Crippen molar-refractivity contribution in [3.8, 4) is 0 Å². The summed E-state index contributed by atoms with van der Waals surface area (Å²) in [5.41, 5.74) is 7.05. The third kappa shape index (κ3) is 2.80. The second-order valence-corrected chi connectivity index (χ2v) is 4.42. The molecule has 0 saturated carbocycles. The van der Waals surface area contributed by atoms with Crippen LogP contribution < -0.4 is 5.73 Å². The van der Waals surface area contributed by atoms with Gasteiger partial charge in [0, 0.05) is 25.6 Å². The van der Waals surface area contributed by atoms with Gasteiger partial charge in [-0.1, -0.05) is 6.07 Å². The third-order valence-corrected chi connectivity index (χ3v) is 3.43. The van der Waals surface area contributed by atoms with Crippen molar-refractivity contribution in [1.82, 2.24) is 4.98 Å². The molecular formula is C13H20N2O. The molecule has 0 spiro atoms. The standard InChI is InChI=1S/C13H20N2O/c14-6-3-13(11-4-8-16-9-5-11)12-2-1-7-15-10-12/h1-2,7,10-11,13H,3-6,8-9,14H2. The summed E-state index contributed by atoms with van der Waals surface area (Å²) in [4.78, 5) is 4.21. The highest BCUT2D eigenvalue weighted by molar-refractivity contribution is 5.16. The van der Waals surface area contributed by atoms with E-state index in [9.17, 15) is 0 Å². The Balaban J connectivity index is 2.09. The summed E-state index contributed by atoms with van der Waals surface area (Å²) in [7, 11) is 0. The van der Waals surface area contributed by atoms with Gasteiger partial charge in [0.05, 0.1) is 0 Å². The maximum atomic E-state index is 5.72. The number of ether oxygens (including phenoxy) is 1. The number of hydrogen-bond donors (Lipinski definition) is 1. The van der Waals surface area contributed by atoms with E-state index in [0.29, 0.717) is 11.8 Å². The molecule has 1 unspecified atom stereocenters. The maximum Gasteiger partial charge on any atom is 0.0468 e. The van der Waals surface area contributed by atoms with E-state index in [2.05, 4.69) is 11.1 Å².